The highest BCUT2D eigenvalue weighted by Crippen LogP contribution is 2.17. The largest absolute Gasteiger partial charge is 0.545 e. The van der Waals surface area contributed by atoms with Gasteiger partial charge in [-0.1, -0.05) is 19.1 Å². The predicted molar refractivity (Wildman–Crippen MR) is 49.6 cm³/mol. The molecule has 0 heterocycles. The molecule has 1 aromatic carbocycles. The Morgan fingerprint density at radius 1 is 1.38 bits per heavy atom. The molecule has 0 saturated heterocycles. The van der Waals surface area contributed by atoms with Crippen molar-refractivity contribution in [3.63, 3.8) is 0 Å². The Labute approximate surface area is 78.2 Å². The van der Waals surface area contributed by atoms with E-state index in [2.05, 4.69) is 0 Å². The number of benzene rings is 1. The molecule has 1 aromatic rings. The third-order valence-electron chi connectivity index (χ3n) is 2.37. The minimum Gasteiger partial charge on any atom is -0.545 e. The second kappa shape index (κ2) is 3.60. The molecule has 2 nitrogen and oxygen atoms in total. The van der Waals surface area contributed by atoms with E-state index >= 15 is 0 Å². The summed E-state index contributed by atoms with van der Waals surface area (Å²) in [5.41, 5.74) is 3.03. The Morgan fingerprint density at radius 2 is 2.00 bits per heavy atom. The summed E-state index contributed by atoms with van der Waals surface area (Å²) >= 11 is 0. The summed E-state index contributed by atoms with van der Waals surface area (Å²) < 4.78 is 0. The van der Waals surface area contributed by atoms with Crippen LogP contribution in [0.15, 0.2) is 12.1 Å². The number of carbonyl (C=O) groups excluding carboxylic acids is 1. The monoisotopic (exact) mass is 177 g/mol. The topological polar surface area (TPSA) is 40.1 Å². The van der Waals surface area contributed by atoms with Crippen LogP contribution < -0.4 is 5.11 Å². The summed E-state index contributed by atoms with van der Waals surface area (Å²) in [6.45, 7) is 5.63. The predicted octanol–water partition coefficient (Wildman–Crippen LogP) is 1.23. The van der Waals surface area contributed by atoms with Gasteiger partial charge in [0, 0.05) is 5.56 Å². The molecule has 0 aliphatic carbocycles. The van der Waals surface area contributed by atoms with Gasteiger partial charge in [0.1, 0.15) is 0 Å². The van der Waals surface area contributed by atoms with Gasteiger partial charge in [0.25, 0.3) is 0 Å². The van der Waals surface area contributed by atoms with Crippen LogP contribution in [0.3, 0.4) is 0 Å². The molecule has 1 rings (SSSR count). The van der Waals surface area contributed by atoms with Crippen molar-refractivity contribution in [2.45, 2.75) is 27.2 Å². The van der Waals surface area contributed by atoms with Crippen molar-refractivity contribution in [3.8, 4) is 0 Å². The number of carbonyl (C=O) groups is 1. The van der Waals surface area contributed by atoms with Gasteiger partial charge < -0.3 is 9.90 Å². The van der Waals surface area contributed by atoms with E-state index in [-0.39, 0.29) is 0 Å². The zero-order valence-electron chi connectivity index (χ0n) is 8.18. The van der Waals surface area contributed by atoms with Crippen molar-refractivity contribution in [2.24, 2.45) is 0 Å². The van der Waals surface area contributed by atoms with E-state index in [1.54, 1.807) is 6.92 Å². The number of hydrogen-bond donors (Lipinski definition) is 0. The van der Waals surface area contributed by atoms with Gasteiger partial charge in [0.15, 0.2) is 0 Å². The zero-order chi connectivity index (χ0) is 10.0. The SMILES string of the molecule is CCc1ccc(C)c(C(=O)[O-])c1C. The number of rotatable bonds is 2. The fourth-order valence-electron chi connectivity index (χ4n) is 1.59. The van der Waals surface area contributed by atoms with Crippen LogP contribution in [0, 0.1) is 13.8 Å². The lowest BCUT2D eigenvalue weighted by Crippen LogP contribution is -2.24. The maximum absolute atomic E-state index is 10.8. The molecule has 0 aliphatic heterocycles. The van der Waals surface area contributed by atoms with Crippen molar-refractivity contribution in [1.82, 2.24) is 0 Å². The van der Waals surface area contributed by atoms with Crippen LogP contribution in [-0.4, -0.2) is 5.97 Å². The second-order valence-electron chi connectivity index (χ2n) is 3.18. The van der Waals surface area contributed by atoms with Crippen LogP contribution in [0.5, 0.6) is 0 Å². The second-order valence-corrected chi connectivity index (χ2v) is 3.18. The molecular weight excluding hydrogens is 164 g/mol. The van der Waals surface area contributed by atoms with Crippen LogP contribution in [0.25, 0.3) is 0 Å². The molecule has 0 radical (unpaired) electrons. The molecule has 0 N–H and O–H groups in total. The standard InChI is InChI=1S/C11H14O2/c1-4-9-6-5-7(2)10(8(9)3)11(12)13/h5-6H,4H2,1-3H3,(H,12,13)/p-1. The fraction of sp³-hybridized carbons (Fsp3) is 0.364. The minimum absolute atomic E-state index is 0.347. The van der Waals surface area contributed by atoms with E-state index < -0.39 is 5.97 Å². The summed E-state index contributed by atoms with van der Waals surface area (Å²) in [6.07, 6.45) is 0.854. The molecule has 0 amide bonds. The highest BCUT2D eigenvalue weighted by molar-refractivity contribution is 5.89. The van der Waals surface area contributed by atoms with Crippen molar-refractivity contribution in [3.05, 3.63) is 34.4 Å². The zero-order valence-corrected chi connectivity index (χ0v) is 8.18. The van der Waals surface area contributed by atoms with Crippen molar-refractivity contribution >= 4 is 5.97 Å². The molecular formula is C11H13O2-. The Hall–Kier alpha value is -1.31. The number of aromatic carboxylic acids is 1. The first kappa shape index (κ1) is 9.78. The van der Waals surface area contributed by atoms with E-state index in [0.717, 1.165) is 23.1 Å². The summed E-state index contributed by atoms with van der Waals surface area (Å²) in [5.74, 6) is -1.08. The van der Waals surface area contributed by atoms with Crippen molar-refractivity contribution < 1.29 is 9.90 Å². The molecule has 0 saturated carbocycles. The fourth-order valence-corrected chi connectivity index (χ4v) is 1.59. The quantitative estimate of drug-likeness (QED) is 0.681. The van der Waals surface area contributed by atoms with E-state index in [1.807, 2.05) is 26.0 Å². The van der Waals surface area contributed by atoms with Gasteiger partial charge in [-0.3, -0.25) is 0 Å². The Kier molecular flexibility index (Phi) is 2.71. The van der Waals surface area contributed by atoms with E-state index in [9.17, 15) is 9.90 Å². The molecule has 0 bridgehead atoms. The number of carboxylic acid groups (broad SMARTS) is 1. The third-order valence-corrected chi connectivity index (χ3v) is 2.37. The summed E-state index contributed by atoms with van der Waals surface area (Å²) in [4.78, 5) is 10.8. The molecule has 2 heteroatoms. The van der Waals surface area contributed by atoms with Gasteiger partial charge in [-0.25, -0.2) is 0 Å². The Morgan fingerprint density at radius 3 is 2.46 bits per heavy atom. The summed E-state index contributed by atoms with van der Waals surface area (Å²) in [7, 11) is 0. The lowest BCUT2D eigenvalue weighted by atomic mass is 9.96. The van der Waals surface area contributed by atoms with E-state index in [4.69, 9.17) is 0 Å². The molecule has 0 atom stereocenters. The molecule has 0 unspecified atom stereocenters. The number of aryl methyl sites for hydroxylation is 2. The first-order valence-corrected chi connectivity index (χ1v) is 4.38. The van der Waals surface area contributed by atoms with Crippen LogP contribution in [0.2, 0.25) is 0 Å². The van der Waals surface area contributed by atoms with Gasteiger partial charge in [-0.05, 0) is 37.0 Å². The van der Waals surface area contributed by atoms with Crippen molar-refractivity contribution in [1.29, 1.82) is 0 Å². The molecule has 0 aliphatic rings. The van der Waals surface area contributed by atoms with Gasteiger partial charge in [-0.2, -0.15) is 0 Å². The highest BCUT2D eigenvalue weighted by atomic mass is 16.4. The molecule has 0 spiro atoms. The molecule has 13 heavy (non-hydrogen) atoms. The average Bonchev–Trinajstić information content (AvgIpc) is 2.04. The van der Waals surface area contributed by atoms with Gasteiger partial charge in [0.05, 0.1) is 5.97 Å². The third kappa shape index (κ3) is 1.72. The normalized spacial score (nSPS) is 10.1. The first-order chi connectivity index (χ1) is 6.07. The first-order valence-electron chi connectivity index (χ1n) is 4.38. The minimum atomic E-state index is -1.08. The van der Waals surface area contributed by atoms with Gasteiger partial charge in [-0.15, -0.1) is 0 Å². The maximum atomic E-state index is 10.8. The van der Waals surface area contributed by atoms with Gasteiger partial charge in [0.2, 0.25) is 0 Å². The van der Waals surface area contributed by atoms with Gasteiger partial charge >= 0.3 is 0 Å². The summed E-state index contributed by atoms with van der Waals surface area (Å²) in [5, 5.41) is 10.8. The molecule has 0 fully saturated rings. The maximum Gasteiger partial charge on any atom is 0.0720 e. The highest BCUT2D eigenvalue weighted by Gasteiger charge is 2.06. The van der Waals surface area contributed by atoms with E-state index in [0.29, 0.717) is 5.56 Å². The number of hydrogen-bond acceptors (Lipinski definition) is 2. The van der Waals surface area contributed by atoms with Crippen LogP contribution in [0.1, 0.15) is 34.0 Å². The lowest BCUT2D eigenvalue weighted by molar-refractivity contribution is -0.255. The molecule has 0 aromatic heterocycles. The number of carboxylic acids is 1. The summed E-state index contributed by atoms with van der Waals surface area (Å²) in [6, 6.07) is 3.80. The lowest BCUT2D eigenvalue weighted by Gasteiger charge is -2.13. The Bertz CT molecular complexity index is 340. The van der Waals surface area contributed by atoms with E-state index in [1.165, 1.54) is 0 Å². The van der Waals surface area contributed by atoms with Crippen LogP contribution in [-0.2, 0) is 6.42 Å². The van der Waals surface area contributed by atoms with Crippen molar-refractivity contribution in [2.75, 3.05) is 0 Å². The smallest absolute Gasteiger partial charge is 0.0720 e. The molecule has 70 valence electrons. The Balaban J connectivity index is 3.38. The van der Waals surface area contributed by atoms with Crippen LogP contribution in [0.4, 0.5) is 0 Å². The van der Waals surface area contributed by atoms with Crippen LogP contribution >= 0.6 is 0 Å². The average molecular weight is 177 g/mol.